The lowest BCUT2D eigenvalue weighted by molar-refractivity contribution is -0.384. The number of nitro groups is 1. The van der Waals surface area contributed by atoms with Gasteiger partial charge in [-0.05, 0) is 24.6 Å². The van der Waals surface area contributed by atoms with Crippen LogP contribution in [-0.2, 0) is 4.79 Å². The Morgan fingerprint density at radius 1 is 1.26 bits per heavy atom. The molecule has 11 heteroatoms. The molecule has 0 saturated carbocycles. The topological polar surface area (TPSA) is 136 Å². The first-order valence-electron chi connectivity index (χ1n) is 9.13. The van der Waals surface area contributed by atoms with Crippen molar-refractivity contribution in [2.75, 3.05) is 11.1 Å². The number of H-pyrrole nitrogens is 1. The number of para-hydroxylation sites is 1. The van der Waals surface area contributed by atoms with Gasteiger partial charge >= 0.3 is 0 Å². The van der Waals surface area contributed by atoms with Crippen molar-refractivity contribution in [3.8, 4) is 5.69 Å². The van der Waals surface area contributed by atoms with Crippen molar-refractivity contribution in [1.82, 2.24) is 19.7 Å². The average Bonchev–Trinajstić information content (AvgIpc) is 3.19. The summed E-state index contributed by atoms with van der Waals surface area (Å²) in [6.45, 7) is 1.74. The number of carbonyl (C=O) groups excluding carboxylic acids is 1. The standard InChI is InChI=1S/C20H16N6O4S/c1-12-7-8-14(26(29)30)9-16(12)22-17(27)11-31-20-23-18-15(19(28)24-20)10-21-25(18)13-5-3-2-4-6-13/h2-10H,11H2,1H3,(H,22,27)(H,23,24,28). The van der Waals surface area contributed by atoms with Gasteiger partial charge in [0, 0.05) is 12.1 Å². The molecule has 10 nitrogen and oxygen atoms in total. The smallest absolute Gasteiger partial charge is 0.271 e. The lowest BCUT2D eigenvalue weighted by Crippen LogP contribution is -2.16. The number of nitrogens with zero attached hydrogens (tertiary/aromatic N) is 4. The molecule has 2 heterocycles. The molecule has 0 spiro atoms. The number of hydrogen-bond acceptors (Lipinski definition) is 7. The van der Waals surface area contributed by atoms with E-state index in [1.165, 1.54) is 18.3 Å². The zero-order valence-electron chi connectivity index (χ0n) is 16.2. The summed E-state index contributed by atoms with van der Waals surface area (Å²) in [4.78, 5) is 42.3. The molecular formula is C20H16N6O4S. The second kappa shape index (κ2) is 8.40. The zero-order valence-corrected chi connectivity index (χ0v) is 17.0. The summed E-state index contributed by atoms with van der Waals surface area (Å²) in [5, 5.41) is 18.4. The maximum Gasteiger partial charge on any atom is 0.271 e. The van der Waals surface area contributed by atoms with Gasteiger partial charge in [0.2, 0.25) is 5.91 Å². The summed E-state index contributed by atoms with van der Waals surface area (Å²) in [6.07, 6.45) is 1.44. The predicted octanol–water partition coefficient (Wildman–Crippen LogP) is 3.06. The molecule has 2 aromatic carbocycles. The Hall–Kier alpha value is -3.99. The van der Waals surface area contributed by atoms with Crippen molar-refractivity contribution < 1.29 is 9.72 Å². The fourth-order valence-corrected chi connectivity index (χ4v) is 3.56. The number of aromatic nitrogens is 4. The Balaban J connectivity index is 1.53. The van der Waals surface area contributed by atoms with Crippen LogP contribution < -0.4 is 10.9 Å². The fraction of sp³-hybridized carbons (Fsp3) is 0.100. The SMILES string of the molecule is Cc1ccc([N+](=O)[O-])cc1NC(=O)CSc1nc2c(cnn2-c2ccccc2)c(=O)[nH]1. The van der Waals surface area contributed by atoms with E-state index in [1.54, 1.807) is 17.7 Å². The van der Waals surface area contributed by atoms with Crippen molar-refractivity contribution in [2.24, 2.45) is 0 Å². The van der Waals surface area contributed by atoms with Crippen LogP contribution in [0.2, 0.25) is 0 Å². The third-order valence-electron chi connectivity index (χ3n) is 4.46. The molecule has 0 saturated heterocycles. The monoisotopic (exact) mass is 436 g/mol. The highest BCUT2D eigenvalue weighted by Gasteiger charge is 2.14. The van der Waals surface area contributed by atoms with Crippen LogP contribution in [0.4, 0.5) is 11.4 Å². The highest BCUT2D eigenvalue weighted by atomic mass is 32.2. The Labute approximate surface area is 179 Å². The van der Waals surface area contributed by atoms with Gasteiger partial charge in [-0.2, -0.15) is 5.10 Å². The molecule has 0 fully saturated rings. The number of non-ortho nitro benzene ring substituents is 1. The zero-order chi connectivity index (χ0) is 22.0. The van der Waals surface area contributed by atoms with Gasteiger partial charge in [-0.25, -0.2) is 9.67 Å². The van der Waals surface area contributed by atoms with E-state index in [-0.39, 0.29) is 28.1 Å². The van der Waals surface area contributed by atoms with Crippen LogP contribution in [0.3, 0.4) is 0 Å². The van der Waals surface area contributed by atoms with E-state index < -0.39 is 4.92 Å². The molecule has 0 atom stereocenters. The minimum Gasteiger partial charge on any atom is -0.325 e. The number of nitrogens with one attached hydrogen (secondary N) is 2. The van der Waals surface area contributed by atoms with E-state index in [0.29, 0.717) is 22.3 Å². The number of hydrogen-bond donors (Lipinski definition) is 2. The fourth-order valence-electron chi connectivity index (χ4n) is 2.90. The highest BCUT2D eigenvalue weighted by Crippen LogP contribution is 2.23. The van der Waals surface area contributed by atoms with E-state index in [9.17, 15) is 19.7 Å². The number of fused-ring (bicyclic) bond motifs is 1. The number of amides is 1. The van der Waals surface area contributed by atoms with E-state index in [1.807, 2.05) is 30.3 Å². The first kappa shape index (κ1) is 20.3. The van der Waals surface area contributed by atoms with Gasteiger partial charge in [-0.1, -0.05) is 36.0 Å². The molecule has 0 radical (unpaired) electrons. The predicted molar refractivity (Wildman–Crippen MR) is 117 cm³/mol. The number of thioether (sulfide) groups is 1. The molecule has 0 bridgehead atoms. The van der Waals surface area contributed by atoms with Crippen molar-refractivity contribution in [3.63, 3.8) is 0 Å². The minimum absolute atomic E-state index is 0.0456. The molecule has 0 aliphatic rings. The summed E-state index contributed by atoms with van der Waals surface area (Å²) >= 11 is 1.05. The molecule has 0 aliphatic carbocycles. The van der Waals surface area contributed by atoms with Gasteiger partial charge in [-0.15, -0.1) is 0 Å². The summed E-state index contributed by atoms with van der Waals surface area (Å²) in [5.74, 6) is -0.427. The summed E-state index contributed by atoms with van der Waals surface area (Å²) in [7, 11) is 0. The van der Waals surface area contributed by atoms with Crippen LogP contribution >= 0.6 is 11.8 Å². The van der Waals surface area contributed by atoms with Crippen molar-refractivity contribution >= 4 is 40.1 Å². The first-order chi connectivity index (χ1) is 14.9. The van der Waals surface area contributed by atoms with Crippen molar-refractivity contribution in [3.05, 3.63) is 80.8 Å². The number of carbonyl (C=O) groups is 1. The highest BCUT2D eigenvalue weighted by molar-refractivity contribution is 7.99. The number of nitro benzene ring substituents is 1. The normalized spacial score (nSPS) is 10.9. The molecule has 0 unspecified atom stereocenters. The molecule has 4 aromatic rings. The van der Waals surface area contributed by atoms with E-state index in [2.05, 4.69) is 20.4 Å². The summed E-state index contributed by atoms with van der Waals surface area (Å²) in [6, 6.07) is 13.5. The second-order valence-corrected chi connectivity index (χ2v) is 7.56. The molecule has 2 N–H and O–H groups in total. The van der Waals surface area contributed by atoms with Crippen LogP contribution in [0.15, 0.2) is 64.7 Å². The van der Waals surface area contributed by atoms with E-state index >= 15 is 0 Å². The molecule has 2 aromatic heterocycles. The molecule has 0 aliphatic heterocycles. The molecule has 31 heavy (non-hydrogen) atoms. The summed E-state index contributed by atoms with van der Waals surface area (Å²) < 4.78 is 1.56. The van der Waals surface area contributed by atoms with Crippen LogP contribution in [0, 0.1) is 17.0 Å². The van der Waals surface area contributed by atoms with Gasteiger partial charge in [0.15, 0.2) is 10.8 Å². The second-order valence-electron chi connectivity index (χ2n) is 6.59. The quantitative estimate of drug-likeness (QED) is 0.205. The Bertz CT molecular complexity index is 1350. The third-order valence-corrected chi connectivity index (χ3v) is 5.34. The van der Waals surface area contributed by atoms with Gasteiger partial charge < -0.3 is 10.3 Å². The molecular weight excluding hydrogens is 420 g/mol. The van der Waals surface area contributed by atoms with Gasteiger partial charge in [0.05, 0.1) is 28.2 Å². The molecule has 4 rings (SSSR count). The number of anilines is 1. The average molecular weight is 436 g/mol. The van der Waals surface area contributed by atoms with E-state index in [4.69, 9.17) is 0 Å². The summed E-state index contributed by atoms with van der Waals surface area (Å²) in [5.41, 5.74) is 1.73. The molecule has 156 valence electrons. The Morgan fingerprint density at radius 2 is 2.03 bits per heavy atom. The lowest BCUT2D eigenvalue weighted by atomic mass is 10.2. The maximum atomic E-state index is 12.4. The number of rotatable bonds is 6. The minimum atomic E-state index is -0.524. The lowest BCUT2D eigenvalue weighted by Gasteiger charge is -2.08. The van der Waals surface area contributed by atoms with Gasteiger partial charge in [-0.3, -0.25) is 19.7 Å². The Morgan fingerprint density at radius 3 is 2.77 bits per heavy atom. The van der Waals surface area contributed by atoms with Crippen LogP contribution in [-0.4, -0.2) is 36.3 Å². The number of aromatic amines is 1. The van der Waals surface area contributed by atoms with Crippen LogP contribution in [0.1, 0.15) is 5.56 Å². The van der Waals surface area contributed by atoms with Crippen molar-refractivity contribution in [2.45, 2.75) is 12.1 Å². The van der Waals surface area contributed by atoms with Gasteiger partial charge in [0.25, 0.3) is 11.2 Å². The first-order valence-corrected chi connectivity index (χ1v) is 10.1. The maximum absolute atomic E-state index is 12.4. The largest absolute Gasteiger partial charge is 0.325 e. The number of benzene rings is 2. The van der Waals surface area contributed by atoms with E-state index in [0.717, 1.165) is 17.4 Å². The number of aryl methyl sites for hydroxylation is 1. The van der Waals surface area contributed by atoms with Crippen LogP contribution in [0.5, 0.6) is 0 Å². The van der Waals surface area contributed by atoms with Crippen molar-refractivity contribution in [1.29, 1.82) is 0 Å². The molecule has 1 amide bonds. The third kappa shape index (κ3) is 4.31. The van der Waals surface area contributed by atoms with Gasteiger partial charge in [0.1, 0.15) is 5.39 Å². The Kier molecular flexibility index (Phi) is 5.50. The van der Waals surface area contributed by atoms with Crippen LogP contribution in [0.25, 0.3) is 16.7 Å².